The van der Waals surface area contributed by atoms with Crippen molar-refractivity contribution in [2.24, 2.45) is 23.7 Å². The van der Waals surface area contributed by atoms with Gasteiger partial charge in [0, 0.05) is 17.6 Å². The first-order valence-electron chi connectivity index (χ1n) is 19.5. The lowest BCUT2D eigenvalue weighted by Crippen LogP contribution is -2.57. The zero-order valence-corrected chi connectivity index (χ0v) is 33.3. The molecule has 0 N–H and O–H groups in total. The lowest BCUT2D eigenvalue weighted by Gasteiger charge is -2.60. The molecular weight excluding hydrogens is 627 g/mol. The number of allylic oxidation sites excluding steroid dienone is 1. The summed E-state index contributed by atoms with van der Waals surface area (Å²) >= 11 is 0. The van der Waals surface area contributed by atoms with E-state index in [2.05, 4.69) is 91.7 Å². The summed E-state index contributed by atoms with van der Waals surface area (Å²) in [6, 6.07) is 2.34. The number of fused-ring (bicyclic) bond motifs is 1. The van der Waals surface area contributed by atoms with E-state index in [4.69, 9.17) is 28.5 Å². The lowest BCUT2D eigenvalue weighted by molar-refractivity contribution is -0.269. The Balaban J connectivity index is 1.37. The van der Waals surface area contributed by atoms with Crippen molar-refractivity contribution >= 4 is 32.0 Å². The second-order valence-electron chi connectivity index (χ2n) is 18.3. The van der Waals surface area contributed by atoms with Gasteiger partial charge in [-0.15, -0.1) is 0 Å². The highest BCUT2D eigenvalue weighted by Gasteiger charge is 2.59. The Labute approximate surface area is 297 Å². The number of nitrogens with zero attached hydrogens (tertiary/aromatic N) is 2. The summed E-state index contributed by atoms with van der Waals surface area (Å²) in [4.78, 5) is 5.21. The molecule has 2 aromatic rings. The smallest absolute Gasteiger partial charge is 0.487 e. The van der Waals surface area contributed by atoms with E-state index in [1.807, 2.05) is 6.20 Å². The SMILES string of the molecule is COc1cnc2c(ccn2[Si](C(C)C)(C(C)C)C(C)C)c1/C(=C/B1OC(C)(C)C(C)(C)O1)C1C2CC3CC1CC(OC1CCCCO1)(C3)C2. The molecule has 9 heteroatoms. The molecule has 2 aromatic heterocycles. The molecule has 270 valence electrons. The molecule has 0 spiro atoms. The maximum atomic E-state index is 7.01. The van der Waals surface area contributed by atoms with E-state index >= 15 is 0 Å². The van der Waals surface area contributed by atoms with E-state index in [-0.39, 0.29) is 11.9 Å². The molecule has 4 saturated carbocycles. The van der Waals surface area contributed by atoms with Crippen LogP contribution in [-0.2, 0) is 18.8 Å². The van der Waals surface area contributed by atoms with Crippen LogP contribution in [-0.4, -0.2) is 61.4 Å². The van der Waals surface area contributed by atoms with Crippen LogP contribution in [0.1, 0.15) is 126 Å². The van der Waals surface area contributed by atoms with Gasteiger partial charge in [-0.1, -0.05) is 47.5 Å². The Morgan fingerprint density at radius 2 is 1.59 bits per heavy atom. The van der Waals surface area contributed by atoms with Gasteiger partial charge in [0.15, 0.2) is 14.5 Å². The molecule has 0 radical (unpaired) electrons. The number of hydrogen-bond acceptors (Lipinski definition) is 6. The van der Waals surface area contributed by atoms with Gasteiger partial charge in [0.25, 0.3) is 0 Å². The van der Waals surface area contributed by atoms with Crippen LogP contribution in [0, 0.1) is 23.7 Å². The third kappa shape index (κ3) is 5.80. The van der Waals surface area contributed by atoms with Gasteiger partial charge in [0.05, 0.1) is 30.1 Å². The van der Waals surface area contributed by atoms with Crippen LogP contribution in [0.5, 0.6) is 5.75 Å². The fourth-order valence-electron chi connectivity index (χ4n) is 11.8. The first-order chi connectivity index (χ1) is 23.1. The standard InChI is InChI=1S/C40H63BN2O5Si/c1-25(2)49(26(3)4,27(5)6)43-16-15-31-36(33(44-11)24-42-37(31)43)32(23-41-47-38(7,8)39(9,10)48-41)35-29-18-28-19-30(35)22-40(20-28,21-29)46-34-14-12-13-17-45-34/h15-16,23-30,34-35H,12-14,17-22H2,1-11H3/b32-23+. The van der Waals surface area contributed by atoms with E-state index in [1.165, 1.54) is 42.2 Å². The second kappa shape index (κ2) is 12.8. The van der Waals surface area contributed by atoms with E-state index in [1.54, 1.807) is 7.11 Å². The lowest BCUT2D eigenvalue weighted by atomic mass is 9.48. The number of pyridine rings is 1. The third-order valence-electron chi connectivity index (χ3n) is 14.1. The third-order valence-corrected chi connectivity index (χ3v) is 20.8. The fourth-order valence-corrected chi connectivity index (χ4v) is 18.4. The summed E-state index contributed by atoms with van der Waals surface area (Å²) in [6.45, 7) is 24.0. The van der Waals surface area contributed by atoms with Gasteiger partial charge in [-0.2, -0.15) is 0 Å². The number of rotatable bonds is 10. The molecule has 4 bridgehead atoms. The molecule has 2 saturated heterocycles. The van der Waals surface area contributed by atoms with Crippen LogP contribution in [0.15, 0.2) is 24.4 Å². The van der Waals surface area contributed by atoms with Gasteiger partial charge in [-0.25, -0.2) is 4.98 Å². The Hall–Kier alpha value is -1.65. The average molecular weight is 691 g/mol. The molecule has 6 fully saturated rings. The van der Waals surface area contributed by atoms with Crippen molar-refractivity contribution in [3.63, 3.8) is 0 Å². The van der Waals surface area contributed by atoms with E-state index in [9.17, 15) is 0 Å². The minimum Gasteiger partial charge on any atom is -0.494 e. The summed E-state index contributed by atoms with van der Waals surface area (Å²) in [7, 11) is -0.697. The quantitative estimate of drug-likeness (QED) is 0.231. The first-order valence-corrected chi connectivity index (χ1v) is 21.7. The number of ether oxygens (including phenoxy) is 3. The molecule has 0 aromatic carbocycles. The number of hydrogen-bond donors (Lipinski definition) is 0. The monoisotopic (exact) mass is 690 g/mol. The molecule has 4 aliphatic carbocycles. The predicted octanol–water partition coefficient (Wildman–Crippen LogP) is 9.82. The van der Waals surface area contributed by atoms with E-state index in [0.717, 1.165) is 43.7 Å². The molecule has 49 heavy (non-hydrogen) atoms. The Kier molecular flexibility index (Phi) is 9.33. The van der Waals surface area contributed by atoms with E-state index < -0.39 is 26.6 Å². The van der Waals surface area contributed by atoms with Crippen molar-refractivity contribution < 1.29 is 23.5 Å². The largest absolute Gasteiger partial charge is 0.494 e. The summed E-state index contributed by atoms with van der Waals surface area (Å²) in [6.07, 6.45) is 13.5. The van der Waals surface area contributed by atoms with Gasteiger partial charge in [-0.05, 0) is 137 Å². The Morgan fingerprint density at radius 3 is 2.14 bits per heavy atom. The van der Waals surface area contributed by atoms with Gasteiger partial charge in [0.1, 0.15) is 11.4 Å². The highest BCUT2D eigenvalue weighted by molar-refractivity contribution is 6.82. The molecule has 7 nitrogen and oxygen atoms in total. The second-order valence-corrected chi connectivity index (χ2v) is 24.0. The van der Waals surface area contributed by atoms with Crippen molar-refractivity contribution in [1.29, 1.82) is 0 Å². The maximum Gasteiger partial charge on any atom is 0.487 e. The first kappa shape index (κ1) is 35.7. The average Bonchev–Trinajstić information content (AvgIpc) is 3.51. The van der Waals surface area contributed by atoms with Gasteiger partial charge in [0.2, 0.25) is 0 Å². The molecule has 4 heterocycles. The molecule has 3 atom stereocenters. The van der Waals surface area contributed by atoms with Gasteiger partial charge < -0.3 is 27.8 Å². The van der Waals surface area contributed by atoms with Gasteiger partial charge in [-0.3, -0.25) is 0 Å². The highest BCUT2D eigenvalue weighted by Crippen LogP contribution is 2.63. The van der Waals surface area contributed by atoms with Crippen molar-refractivity contribution in [2.75, 3.05) is 13.7 Å². The van der Waals surface area contributed by atoms with Crippen LogP contribution in [0.4, 0.5) is 0 Å². The summed E-state index contributed by atoms with van der Waals surface area (Å²) in [5.74, 6) is 5.31. The molecule has 6 aliphatic rings. The molecule has 3 unspecified atom stereocenters. The molecule has 0 amide bonds. The van der Waals surface area contributed by atoms with Crippen LogP contribution in [0.25, 0.3) is 16.6 Å². The molecule has 8 rings (SSSR count). The van der Waals surface area contributed by atoms with E-state index in [0.29, 0.717) is 40.3 Å². The normalized spacial score (nSPS) is 32.7. The minimum absolute atomic E-state index is 0.0461. The maximum absolute atomic E-state index is 7.01. The van der Waals surface area contributed by atoms with Crippen LogP contribution in [0.2, 0.25) is 16.6 Å². The fraction of sp³-hybridized carbons (Fsp3) is 0.775. The number of aromatic nitrogens is 2. The predicted molar refractivity (Wildman–Crippen MR) is 201 cm³/mol. The minimum atomic E-state index is -2.06. The van der Waals surface area contributed by atoms with Crippen LogP contribution < -0.4 is 4.74 Å². The summed E-state index contributed by atoms with van der Waals surface area (Å²) < 4.78 is 35.5. The summed E-state index contributed by atoms with van der Waals surface area (Å²) in [5, 5.41) is 1.19. The van der Waals surface area contributed by atoms with Crippen molar-refractivity contribution in [3.8, 4) is 5.75 Å². The van der Waals surface area contributed by atoms with Crippen molar-refractivity contribution in [1.82, 2.24) is 9.22 Å². The highest BCUT2D eigenvalue weighted by atomic mass is 28.3. The Morgan fingerprint density at radius 1 is 0.959 bits per heavy atom. The molecule has 2 aliphatic heterocycles. The van der Waals surface area contributed by atoms with Crippen LogP contribution >= 0.6 is 0 Å². The zero-order valence-electron chi connectivity index (χ0n) is 32.3. The topological polar surface area (TPSA) is 64.0 Å². The van der Waals surface area contributed by atoms with Crippen molar-refractivity contribution in [3.05, 3.63) is 30.0 Å². The van der Waals surface area contributed by atoms with Crippen LogP contribution in [0.3, 0.4) is 0 Å². The zero-order chi connectivity index (χ0) is 35.1. The molecular formula is C40H63BN2O5Si. The number of methoxy groups -OCH3 is 1. The van der Waals surface area contributed by atoms with Gasteiger partial charge >= 0.3 is 7.12 Å². The van der Waals surface area contributed by atoms with Crippen molar-refractivity contribution in [2.45, 2.75) is 160 Å². The Bertz CT molecular complexity index is 1510. The summed E-state index contributed by atoms with van der Waals surface area (Å²) in [5.41, 5.74) is 4.38.